The van der Waals surface area contributed by atoms with Gasteiger partial charge >= 0.3 is 0 Å². The quantitative estimate of drug-likeness (QED) is 0.592. The summed E-state index contributed by atoms with van der Waals surface area (Å²) in [6, 6.07) is 0. The lowest BCUT2D eigenvalue weighted by molar-refractivity contribution is -0.117. The first-order valence-corrected chi connectivity index (χ1v) is 5.23. The van der Waals surface area contributed by atoms with Gasteiger partial charge in [0.05, 0.1) is 6.10 Å². The molecule has 0 aliphatic carbocycles. The Balaban J connectivity index is 1.90. The second kappa shape index (κ2) is 3.15. The van der Waals surface area contributed by atoms with Crippen molar-refractivity contribution in [2.75, 3.05) is 18.1 Å². The number of Topliss-reactive ketones (excluding diaryl/α,β-unsaturated/α-hetero) is 1. The molecule has 2 rings (SSSR count). The highest BCUT2D eigenvalue weighted by molar-refractivity contribution is 7.99. The fourth-order valence-electron chi connectivity index (χ4n) is 1.69. The minimum Gasteiger partial charge on any atom is -0.370 e. The van der Waals surface area contributed by atoms with Gasteiger partial charge in [-0.05, 0) is 23.8 Å². The van der Waals surface area contributed by atoms with Crippen molar-refractivity contribution >= 4 is 17.5 Å². The van der Waals surface area contributed by atoms with Crippen molar-refractivity contribution in [2.24, 2.45) is 5.92 Å². The molecule has 62 valence electrons. The Bertz CT molecular complexity index is 163. The standard InChI is InChI=1S/C8H12O2S/c9-7-3-8(10-4-7)6-1-2-11-5-6/h6,8H,1-5H2. The summed E-state index contributed by atoms with van der Waals surface area (Å²) in [4.78, 5) is 10.9. The smallest absolute Gasteiger partial charge is 0.161 e. The molecule has 0 spiro atoms. The molecule has 2 atom stereocenters. The van der Waals surface area contributed by atoms with Gasteiger partial charge in [-0.3, -0.25) is 4.79 Å². The van der Waals surface area contributed by atoms with E-state index in [0.29, 0.717) is 18.9 Å². The third kappa shape index (κ3) is 1.59. The maximum atomic E-state index is 10.9. The summed E-state index contributed by atoms with van der Waals surface area (Å²) < 4.78 is 5.39. The Kier molecular flexibility index (Phi) is 2.18. The fourth-order valence-corrected chi connectivity index (χ4v) is 3.01. The number of ketones is 1. The summed E-state index contributed by atoms with van der Waals surface area (Å²) in [6.07, 6.45) is 2.17. The molecule has 0 bridgehead atoms. The normalized spacial score (nSPS) is 38.4. The third-order valence-corrected chi connectivity index (χ3v) is 3.57. The van der Waals surface area contributed by atoms with Gasteiger partial charge in [-0.1, -0.05) is 0 Å². The zero-order valence-corrected chi connectivity index (χ0v) is 7.23. The zero-order valence-electron chi connectivity index (χ0n) is 6.41. The number of carbonyl (C=O) groups is 1. The topological polar surface area (TPSA) is 26.3 Å². The molecule has 0 N–H and O–H groups in total. The molecule has 2 unspecified atom stereocenters. The molecule has 2 aliphatic heterocycles. The molecule has 0 aromatic rings. The molecule has 11 heavy (non-hydrogen) atoms. The van der Waals surface area contributed by atoms with Crippen LogP contribution in [0.2, 0.25) is 0 Å². The first-order chi connectivity index (χ1) is 5.36. The van der Waals surface area contributed by atoms with Crippen LogP contribution >= 0.6 is 11.8 Å². The molecule has 0 amide bonds. The highest BCUT2D eigenvalue weighted by Gasteiger charge is 2.32. The molecule has 3 heteroatoms. The molecule has 2 saturated heterocycles. The number of hydrogen-bond acceptors (Lipinski definition) is 3. The number of thioether (sulfide) groups is 1. The highest BCUT2D eigenvalue weighted by atomic mass is 32.2. The van der Waals surface area contributed by atoms with Crippen LogP contribution < -0.4 is 0 Å². The minimum atomic E-state index is 0.262. The van der Waals surface area contributed by atoms with Crippen LogP contribution in [0.3, 0.4) is 0 Å². The van der Waals surface area contributed by atoms with E-state index in [1.807, 2.05) is 11.8 Å². The lowest BCUT2D eigenvalue weighted by Crippen LogP contribution is -2.18. The summed E-state index contributed by atoms with van der Waals surface area (Å²) in [5.41, 5.74) is 0. The van der Waals surface area contributed by atoms with Crippen LogP contribution in [0.4, 0.5) is 0 Å². The van der Waals surface area contributed by atoms with Crippen LogP contribution in [0, 0.1) is 5.92 Å². The Morgan fingerprint density at radius 1 is 1.55 bits per heavy atom. The van der Waals surface area contributed by atoms with Crippen molar-refractivity contribution in [3.8, 4) is 0 Å². The Morgan fingerprint density at radius 2 is 2.45 bits per heavy atom. The minimum absolute atomic E-state index is 0.262. The predicted octanol–water partition coefficient (Wildman–Crippen LogP) is 1.10. The molecule has 2 nitrogen and oxygen atoms in total. The van der Waals surface area contributed by atoms with E-state index >= 15 is 0 Å². The summed E-state index contributed by atoms with van der Waals surface area (Å²) in [7, 11) is 0. The van der Waals surface area contributed by atoms with E-state index in [1.165, 1.54) is 17.9 Å². The summed E-state index contributed by atoms with van der Waals surface area (Å²) in [5.74, 6) is 3.38. The number of carbonyl (C=O) groups excluding carboxylic acids is 1. The van der Waals surface area contributed by atoms with Crippen LogP contribution in [0.1, 0.15) is 12.8 Å². The number of ether oxygens (including phenoxy) is 1. The first kappa shape index (κ1) is 7.62. The largest absolute Gasteiger partial charge is 0.370 e. The van der Waals surface area contributed by atoms with E-state index in [2.05, 4.69) is 0 Å². The maximum absolute atomic E-state index is 10.9. The fraction of sp³-hybridized carbons (Fsp3) is 0.875. The van der Waals surface area contributed by atoms with E-state index in [0.717, 1.165) is 0 Å². The van der Waals surface area contributed by atoms with E-state index in [4.69, 9.17) is 4.74 Å². The van der Waals surface area contributed by atoms with E-state index in [9.17, 15) is 4.79 Å². The van der Waals surface area contributed by atoms with Crippen molar-refractivity contribution in [3.63, 3.8) is 0 Å². The average Bonchev–Trinajstić information content (AvgIpc) is 2.55. The molecule has 0 radical (unpaired) electrons. The van der Waals surface area contributed by atoms with Gasteiger partial charge in [0.1, 0.15) is 6.61 Å². The van der Waals surface area contributed by atoms with Crippen LogP contribution in [0.15, 0.2) is 0 Å². The Morgan fingerprint density at radius 3 is 3.00 bits per heavy atom. The van der Waals surface area contributed by atoms with Gasteiger partial charge in [-0.15, -0.1) is 0 Å². The molecular formula is C8H12O2S. The molecule has 0 aromatic heterocycles. The number of hydrogen-bond donors (Lipinski definition) is 0. The summed E-state index contributed by atoms with van der Waals surface area (Å²) in [5, 5.41) is 0. The van der Waals surface area contributed by atoms with Gasteiger partial charge in [-0.2, -0.15) is 11.8 Å². The van der Waals surface area contributed by atoms with Gasteiger partial charge in [0.25, 0.3) is 0 Å². The van der Waals surface area contributed by atoms with E-state index in [-0.39, 0.29) is 11.9 Å². The van der Waals surface area contributed by atoms with Crippen molar-refractivity contribution in [1.29, 1.82) is 0 Å². The zero-order chi connectivity index (χ0) is 7.68. The monoisotopic (exact) mass is 172 g/mol. The Hall–Kier alpha value is -0.0200. The molecule has 2 aliphatic rings. The van der Waals surface area contributed by atoms with Crippen LogP contribution in [0.5, 0.6) is 0 Å². The van der Waals surface area contributed by atoms with Gasteiger partial charge in [0.15, 0.2) is 5.78 Å². The lowest BCUT2D eigenvalue weighted by Gasteiger charge is -2.14. The van der Waals surface area contributed by atoms with Crippen molar-refractivity contribution in [1.82, 2.24) is 0 Å². The van der Waals surface area contributed by atoms with Crippen molar-refractivity contribution < 1.29 is 9.53 Å². The van der Waals surface area contributed by atoms with Crippen molar-refractivity contribution in [2.45, 2.75) is 18.9 Å². The maximum Gasteiger partial charge on any atom is 0.161 e. The van der Waals surface area contributed by atoms with Gasteiger partial charge in [-0.25, -0.2) is 0 Å². The van der Waals surface area contributed by atoms with Crippen LogP contribution in [0.25, 0.3) is 0 Å². The van der Waals surface area contributed by atoms with Crippen LogP contribution in [-0.4, -0.2) is 30.0 Å². The second-order valence-electron chi connectivity index (χ2n) is 3.22. The van der Waals surface area contributed by atoms with Crippen LogP contribution in [-0.2, 0) is 9.53 Å². The summed E-state index contributed by atoms with van der Waals surface area (Å²) in [6.45, 7) is 0.367. The molecule has 2 fully saturated rings. The third-order valence-electron chi connectivity index (χ3n) is 2.38. The van der Waals surface area contributed by atoms with E-state index < -0.39 is 0 Å². The first-order valence-electron chi connectivity index (χ1n) is 4.07. The van der Waals surface area contributed by atoms with Gasteiger partial charge < -0.3 is 4.74 Å². The lowest BCUT2D eigenvalue weighted by atomic mass is 9.99. The molecule has 2 heterocycles. The van der Waals surface area contributed by atoms with Gasteiger partial charge in [0.2, 0.25) is 0 Å². The highest BCUT2D eigenvalue weighted by Crippen LogP contribution is 2.31. The van der Waals surface area contributed by atoms with Crippen molar-refractivity contribution in [3.05, 3.63) is 0 Å². The average molecular weight is 172 g/mol. The summed E-state index contributed by atoms with van der Waals surface area (Å²) >= 11 is 1.98. The molecule has 0 aromatic carbocycles. The predicted molar refractivity (Wildman–Crippen MR) is 44.8 cm³/mol. The molecule has 0 saturated carbocycles. The molecular weight excluding hydrogens is 160 g/mol. The number of rotatable bonds is 1. The second-order valence-corrected chi connectivity index (χ2v) is 4.37. The SMILES string of the molecule is O=C1COC(C2CCSC2)C1. The van der Waals surface area contributed by atoms with E-state index in [1.54, 1.807) is 0 Å². The van der Waals surface area contributed by atoms with Gasteiger partial charge in [0, 0.05) is 6.42 Å². The Labute approximate surface area is 70.7 Å².